The average molecular weight is 212 g/mol. The van der Waals surface area contributed by atoms with Crippen LogP contribution < -0.4 is 4.74 Å². The van der Waals surface area contributed by atoms with E-state index in [1.807, 2.05) is 6.92 Å². The van der Waals surface area contributed by atoms with E-state index in [0.29, 0.717) is 31.9 Å². The van der Waals surface area contributed by atoms with Crippen molar-refractivity contribution in [1.82, 2.24) is 9.78 Å². The molecule has 0 saturated carbocycles. The highest BCUT2D eigenvalue weighted by molar-refractivity contribution is 5.31. The number of hydrogen-bond donors (Lipinski definition) is 1. The largest absolute Gasteiger partial charge is 0.493 e. The first-order valence-electron chi connectivity index (χ1n) is 5.11. The predicted molar refractivity (Wildman–Crippen MR) is 53.8 cm³/mol. The highest BCUT2D eigenvalue weighted by Crippen LogP contribution is 2.35. The van der Waals surface area contributed by atoms with Crippen molar-refractivity contribution in [3.8, 4) is 5.75 Å². The Labute approximate surface area is 88.6 Å². The molecule has 2 heterocycles. The number of ether oxygens (including phenoxy) is 2. The number of aryl methyl sites for hydroxylation is 1. The highest BCUT2D eigenvalue weighted by atomic mass is 16.5. The molecule has 0 aliphatic carbocycles. The summed E-state index contributed by atoms with van der Waals surface area (Å²) in [6.45, 7) is 3.58. The molecule has 1 aromatic rings. The molecule has 1 unspecified atom stereocenters. The number of aromatic nitrogens is 2. The van der Waals surface area contributed by atoms with Crippen LogP contribution in [0.4, 0.5) is 0 Å². The molecule has 1 aliphatic heterocycles. The molecule has 1 saturated heterocycles. The van der Waals surface area contributed by atoms with E-state index in [1.165, 1.54) is 0 Å². The van der Waals surface area contributed by atoms with E-state index in [0.717, 1.165) is 5.69 Å². The molecule has 0 spiro atoms. The third-order valence-corrected chi connectivity index (χ3v) is 2.77. The van der Waals surface area contributed by atoms with E-state index < -0.39 is 5.60 Å². The molecule has 2 rings (SSSR count). The normalized spacial score (nSPS) is 25.8. The first kappa shape index (κ1) is 10.4. The molecular weight excluding hydrogens is 196 g/mol. The molecule has 5 nitrogen and oxygen atoms in total. The van der Waals surface area contributed by atoms with E-state index in [2.05, 4.69) is 5.10 Å². The van der Waals surface area contributed by atoms with Gasteiger partial charge in [-0.05, 0) is 6.92 Å². The summed E-state index contributed by atoms with van der Waals surface area (Å²) in [5.41, 5.74) is -0.220. The smallest absolute Gasteiger partial charge is 0.163 e. The first-order chi connectivity index (χ1) is 7.21. The molecule has 0 aromatic carbocycles. The summed E-state index contributed by atoms with van der Waals surface area (Å²) < 4.78 is 12.2. The number of hydrogen-bond acceptors (Lipinski definition) is 4. The summed E-state index contributed by atoms with van der Waals surface area (Å²) in [4.78, 5) is 0. The predicted octanol–water partition coefficient (Wildman–Crippen LogP) is 0.519. The lowest BCUT2D eigenvalue weighted by Gasteiger charge is -2.22. The third-order valence-electron chi connectivity index (χ3n) is 2.77. The van der Waals surface area contributed by atoms with E-state index >= 15 is 0 Å². The fraction of sp³-hybridized carbons (Fsp3) is 0.700. The number of aliphatic hydroxyl groups is 1. The Hall–Kier alpha value is -1.07. The fourth-order valence-corrected chi connectivity index (χ4v) is 1.97. The second kappa shape index (κ2) is 3.83. The summed E-state index contributed by atoms with van der Waals surface area (Å²) in [6.07, 6.45) is 2.23. The van der Waals surface area contributed by atoms with Gasteiger partial charge in [-0.25, -0.2) is 0 Å². The topological polar surface area (TPSA) is 56.5 Å². The Morgan fingerprint density at radius 2 is 2.53 bits per heavy atom. The summed E-state index contributed by atoms with van der Waals surface area (Å²) in [6, 6.07) is 0. The van der Waals surface area contributed by atoms with Crippen molar-refractivity contribution in [2.24, 2.45) is 0 Å². The van der Waals surface area contributed by atoms with E-state index in [1.54, 1.807) is 18.0 Å². The lowest BCUT2D eigenvalue weighted by Crippen LogP contribution is -2.29. The Kier molecular flexibility index (Phi) is 2.67. The summed E-state index contributed by atoms with van der Waals surface area (Å²) in [5, 5.41) is 14.6. The molecule has 1 aliphatic rings. The standard InChI is InChI=1S/C10H16N2O3/c1-3-12-9(8(14-2)6-11-12)10(13)4-5-15-7-10/h6,13H,3-5,7H2,1-2H3. The number of nitrogens with zero attached hydrogens (tertiary/aromatic N) is 2. The van der Waals surface area contributed by atoms with Crippen molar-refractivity contribution in [3.05, 3.63) is 11.9 Å². The van der Waals surface area contributed by atoms with Crippen LogP contribution in [0, 0.1) is 0 Å². The molecule has 15 heavy (non-hydrogen) atoms. The first-order valence-corrected chi connectivity index (χ1v) is 5.11. The van der Waals surface area contributed by atoms with Gasteiger partial charge in [0, 0.05) is 19.6 Å². The Morgan fingerprint density at radius 3 is 3.07 bits per heavy atom. The zero-order valence-electron chi connectivity index (χ0n) is 9.06. The molecule has 0 bridgehead atoms. The van der Waals surface area contributed by atoms with Gasteiger partial charge in [0.15, 0.2) is 5.75 Å². The molecule has 0 amide bonds. The molecular formula is C10H16N2O3. The second-order valence-corrected chi connectivity index (χ2v) is 3.71. The zero-order chi connectivity index (χ0) is 10.9. The van der Waals surface area contributed by atoms with Crippen LogP contribution in [0.2, 0.25) is 0 Å². The van der Waals surface area contributed by atoms with Crippen molar-refractivity contribution >= 4 is 0 Å². The second-order valence-electron chi connectivity index (χ2n) is 3.71. The van der Waals surface area contributed by atoms with E-state index in [9.17, 15) is 5.11 Å². The van der Waals surface area contributed by atoms with E-state index in [4.69, 9.17) is 9.47 Å². The zero-order valence-corrected chi connectivity index (χ0v) is 9.06. The van der Waals surface area contributed by atoms with Crippen LogP contribution in [-0.2, 0) is 16.9 Å². The average Bonchev–Trinajstić information content (AvgIpc) is 2.83. The van der Waals surface area contributed by atoms with Gasteiger partial charge in [0.05, 0.1) is 19.9 Å². The van der Waals surface area contributed by atoms with Gasteiger partial charge in [0.1, 0.15) is 11.3 Å². The van der Waals surface area contributed by atoms with Crippen molar-refractivity contribution in [3.63, 3.8) is 0 Å². The number of rotatable bonds is 3. The Morgan fingerprint density at radius 1 is 1.73 bits per heavy atom. The SMILES string of the molecule is CCn1ncc(OC)c1C1(O)CCOC1. The maximum absolute atomic E-state index is 10.4. The summed E-state index contributed by atoms with van der Waals surface area (Å²) >= 11 is 0. The Balaban J connectivity index is 2.43. The third kappa shape index (κ3) is 1.61. The summed E-state index contributed by atoms with van der Waals surface area (Å²) in [7, 11) is 1.58. The van der Waals surface area contributed by atoms with Gasteiger partial charge < -0.3 is 14.6 Å². The van der Waals surface area contributed by atoms with Gasteiger partial charge in [-0.15, -0.1) is 0 Å². The van der Waals surface area contributed by atoms with Crippen LogP contribution in [-0.4, -0.2) is 35.2 Å². The highest BCUT2D eigenvalue weighted by Gasteiger charge is 2.39. The molecule has 84 valence electrons. The fourth-order valence-electron chi connectivity index (χ4n) is 1.97. The van der Waals surface area contributed by atoms with Crippen LogP contribution in [0.15, 0.2) is 6.20 Å². The Bertz CT molecular complexity index is 321. The van der Waals surface area contributed by atoms with Crippen LogP contribution >= 0.6 is 0 Å². The molecule has 1 aromatic heterocycles. The molecule has 5 heteroatoms. The van der Waals surface area contributed by atoms with Gasteiger partial charge >= 0.3 is 0 Å². The summed E-state index contributed by atoms with van der Waals surface area (Å²) in [5.74, 6) is 0.629. The van der Waals surface area contributed by atoms with Gasteiger partial charge in [-0.3, -0.25) is 4.68 Å². The molecule has 1 atom stereocenters. The molecule has 1 fully saturated rings. The molecule has 1 N–H and O–H groups in total. The van der Waals surface area contributed by atoms with Crippen LogP contribution in [0.3, 0.4) is 0 Å². The van der Waals surface area contributed by atoms with Gasteiger partial charge in [-0.1, -0.05) is 0 Å². The lowest BCUT2D eigenvalue weighted by molar-refractivity contribution is 0.0135. The van der Waals surface area contributed by atoms with Gasteiger partial charge in [0.2, 0.25) is 0 Å². The van der Waals surface area contributed by atoms with Crippen LogP contribution in [0.1, 0.15) is 19.0 Å². The minimum atomic E-state index is -0.947. The van der Waals surface area contributed by atoms with E-state index in [-0.39, 0.29) is 0 Å². The van der Waals surface area contributed by atoms with Crippen molar-refractivity contribution in [1.29, 1.82) is 0 Å². The maximum atomic E-state index is 10.4. The quantitative estimate of drug-likeness (QED) is 0.793. The van der Waals surface area contributed by atoms with Gasteiger partial charge in [0.25, 0.3) is 0 Å². The monoisotopic (exact) mass is 212 g/mol. The van der Waals surface area contributed by atoms with Crippen LogP contribution in [0.25, 0.3) is 0 Å². The van der Waals surface area contributed by atoms with Crippen molar-refractivity contribution in [2.75, 3.05) is 20.3 Å². The van der Waals surface area contributed by atoms with Gasteiger partial charge in [-0.2, -0.15) is 5.10 Å². The minimum absolute atomic E-state index is 0.315. The maximum Gasteiger partial charge on any atom is 0.163 e. The van der Waals surface area contributed by atoms with Crippen molar-refractivity contribution in [2.45, 2.75) is 25.5 Å². The number of methoxy groups -OCH3 is 1. The van der Waals surface area contributed by atoms with Crippen LogP contribution in [0.5, 0.6) is 5.75 Å². The van der Waals surface area contributed by atoms with Crippen molar-refractivity contribution < 1.29 is 14.6 Å². The lowest BCUT2D eigenvalue weighted by atomic mass is 9.98. The minimum Gasteiger partial charge on any atom is -0.493 e. The molecule has 0 radical (unpaired) electrons.